The maximum atomic E-state index is 14.6. The summed E-state index contributed by atoms with van der Waals surface area (Å²) >= 11 is 0. The summed E-state index contributed by atoms with van der Waals surface area (Å²) in [7, 11) is 3.23. The summed E-state index contributed by atoms with van der Waals surface area (Å²) < 4.78 is 14.2. The molecule has 1 unspecified atom stereocenters. The molecule has 63 heavy (non-hydrogen) atoms. The van der Waals surface area contributed by atoms with Crippen molar-refractivity contribution in [2.45, 2.75) is 110 Å². The van der Waals surface area contributed by atoms with E-state index in [0.29, 0.717) is 37.8 Å². The fourth-order valence-corrected chi connectivity index (χ4v) is 9.55. The van der Waals surface area contributed by atoms with Gasteiger partial charge in [0.05, 0.1) is 24.1 Å². The van der Waals surface area contributed by atoms with E-state index in [9.17, 15) is 24.3 Å². The van der Waals surface area contributed by atoms with Gasteiger partial charge in [0.25, 0.3) is 5.91 Å². The van der Waals surface area contributed by atoms with Crippen molar-refractivity contribution in [1.82, 2.24) is 30.2 Å². The Hall–Kier alpha value is -5.57. The second kappa shape index (κ2) is 17.9. The van der Waals surface area contributed by atoms with Crippen molar-refractivity contribution in [2.75, 3.05) is 27.3 Å². The highest BCUT2D eigenvalue weighted by atomic mass is 16.5. The first-order valence-corrected chi connectivity index (χ1v) is 22.1. The van der Waals surface area contributed by atoms with E-state index in [1.807, 2.05) is 39.0 Å². The molecule has 1 aliphatic carbocycles. The number of ether oxygens (including phenoxy) is 2. The van der Waals surface area contributed by atoms with Gasteiger partial charge in [0.15, 0.2) is 0 Å². The fraction of sp³-hybridized carbons (Fsp3) is 0.490. The Bertz CT molecular complexity index is 2430. The lowest BCUT2D eigenvalue weighted by atomic mass is 9.84. The molecule has 3 aliphatic rings. The first-order chi connectivity index (χ1) is 29.9. The molecule has 336 valence electrons. The van der Waals surface area contributed by atoms with Crippen LogP contribution >= 0.6 is 0 Å². The van der Waals surface area contributed by atoms with Crippen LogP contribution in [0.25, 0.3) is 33.3 Å². The van der Waals surface area contributed by atoms with Crippen molar-refractivity contribution < 1.29 is 33.8 Å². The van der Waals surface area contributed by atoms with Gasteiger partial charge in [0, 0.05) is 67.7 Å². The number of methoxy groups -OCH3 is 1. The average molecular weight is 862 g/mol. The highest BCUT2D eigenvalue weighted by Crippen LogP contribution is 2.44. The number of nitrogens with two attached hydrogens (primary N) is 1. The van der Waals surface area contributed by atoms with E-state index < -0.39 is 46.9 Å². The molecule has 6 bridgehead atoms. The van der Waals surface area contributed by atoms with E-state index in [2.05, 4.69) is 60.9 Å². The summed E-state index contributed by atoms with van der Waals surface area (Å²) in [5.74, 6) is -2.37. The number of aromatic nitrogens is 2. The molecule has 2 fully saturated rings. The summed E-state index contributed by atoms with van der Waals surface area (Å²) in [5.41, 5.74) is 14.9. The minimum Gasteiger partial charge on any atom is -0.508 e. The summed E-state index contributed by atoms with van der Waals surface area (Å²) in [4.78, 5) is 62.8. The number of phenolic OH excluding ortho intramolecular Hbond substituents is 1. The van der Waals surface area contributed by atoms with E-state index in [1.54, 1.807) is 38.6 Å². The van der Waals surface area contributed by atoms with Crippen molar-refractivity contribution in [1.29, 1.82) is 0 Å². The standard InChI is InChI=1S/C49H63N7O7/c1-10-33-25-49(33,50)47(61)54(8)42(28(3)4)44(58)52-39-22-30-20-32(23-34(57)21-30)31-16-17-40-36(24-31)37(43(55(40)11-2)35-14-12-18-51-41(35)29(5)62-9)26-48(6,7)27-63-46(60)38-15-13-19-56(53-38)45(39)59/h10,12,14,16-18,20-21,23-24,28-29,33,38-39,42,53,57H,1,11,13,15,19,22,25-27,50H2,2-9H3,(H,52,58)/t29-,33+,38-,39-,42?,49+/m0/s1. The average Bonchev–Trinajstić information content (AvgIpc) is 3.86. The molecule has 14 heteroatoms. The number of hydrogen-bond acceptors (Lipinski definition) is 10. The number of hydrogen-bond donors (Lipinski definition) is 4. The molecule has 7 rings (SSSR count). The number of pyridine rings is 1. The topological polar surface area (TPSA) is 181 Å². The number of carbonyl (C=O) groups excluding carboxylic acids is 4. The quantitative estimate of drug-likeness (QED) is 0.112. The van der Waals surface area contributed by atoms with Crippen LogP contribution in [0.1, 0.15) is 83.7 Å². The lowest BCUT2D eigenvalue weighted by Gasteiger charge is -2.37. The van der Waals surface area contributed by atoms with Crippen LogP contribution in [0, 0.1) is 17.3 Å². The number of rotatable bonds is 10. The summed E-state index contributed by atoms with van der Waals surface area (Å²) in [6.07, 6.45) is 5.11. The van der Waals surface area contributed by atoms with E-state index in [-0.39, 0.29) is 49.2 Å². The number of nitrogens with one attached hydrogen (secondary N) is 2. The zero-order valence-electron chi connectivity index (χ0n) is 37.9. The van der Waals surface area contributed by atoms with Gasteiger partial charge in [-0.15, -0.1) is 6.58 Å². The van der Waals surface area contributed by atoms with E-state index in [4.69, 9.17) is 20.2 Å². The van der Waals surface area contributed by atoms with Crippen molar-refractivity contribution in [3.63, 3.8) is 0 Å². The number of aryl methyl sites for hydroxylation is 1. The zero-order valence-corrected chi connectivity index (χ0v) is 37.9. The lowest BCUT2D eigenvalue weighted by Crippen LogP contribution is -2.62. The van der Waals surface area contributed by atoms with Gasteiger partial charge in [-0.2, -0.15) is 0 Å². The van der Waals surface area contributed by atoms with Crippen molar-refractivity contribution >= 4 is 34.6 Å². The molecule has 5 N–H and O–H groups in total. The largest absolute Gasteiger partial charge is 0.508 e. The van der Waals surface area contributed by atoms with Crippen LogP contribution in [0.5, 0.6) is 5.75 Å². The molecule has 4 heterocycles. The number of fused-ring (bicyclic) bond motifs is 6. The van der Waals surface area contributed by atoms with Crippen molar-refractivity contribution in [3.8, 4) is 28.1 Å². The molecule has 0 radical (unpaired) electrons. The molecule has 2 aromatic carbocycles. The molecule has 2 aliphatic heterocycles. The summed E-state index contributed by atoms with van der Waals surface area (Å²) in [6, 6.07) is 12.6. The summed E-state index contributed by atoms with van der Waals surface area (Å²) in [6.45, 7) is 16.8. The van der Waals surface area contributed by atoms with Crippen LogP contribution in [0.3, 0.4) is 0 Å². The van der Waals surface area contributed by atoms with Crippen LogP contribution in [0.2, 0.25) is 0 Å². The van der Waals surface area contributed by atoms with Crippen LogP contribution < -0.4 is 16.5 Å². The van der Waals surface area contributed by atoms with Gasteiger partial charge in [0.1, 0.15) is 29.4 Å². The minimum atomic E-state index is -1.15. The molecule has 4 aromatic rings. The highest BCUT2D eigenvalue weighted by molar-refractivity contribution is 5.97. The number of benzene rings is 2. The number of esters is 1. The minimum absolute atomic E-state index is 0.000614. The molecule has 6 atom stereocenters. The molecule has 14 nitrogen and oxygen atoms in total. The Morgan fingerprint density at radius 2 is 1.92 bits per heavy atom. The maximum Gasteiger partial charge on any atom is 0.324 e. The maximum absolute atomic E-state index is 14.6. The number of phenols is 1. The number of aromatic hydroxyl groups is 1. The summed E-state index contributed by atoms with van der Waals surface area (Å²) in [5, 5.41) is 16.7. The first kappa shape index (κ1) is 45.5. The second-order valence-electron chi connectivity index (χ2n) is 18.7. The fourth-order valence-electron chi connectivity index (χ4n) is 9.55. The molecular weight excluding hydrogens is 799 g/mol. The van der Waals surface area contributed by atoms with E-state index in [1.165, 1.54) is 9.91 Å². The molecule has 1 saturated heterocycles. The highest BCUT2D eigenvalue weighted by Gasteiger charge is 2.57. The third kappa shape index (κ3) is 8.98. The molecular formula is C49H63N7O7. The van der Waals surface area contributed by atoms with Gasteiger partial charge in [-0.25, -0.2) is 5.43 Å². The number of likely N-dealkylation sites (N-methyl/N-ethyl adjacent to an activating group) is 1. The van der Waals surface area contributed by atoms with E-state index in [0.717, 1.165) is 44.5 Å². The third-order valence-corrected chi connectivity index (χ3v) is 13.1. The first-order valence-electron chi connectivity index (χ1n) is 22.1. The second-order valence-corrected chi connectivity index (χ2v) is 18.7. The zero-order chi connectivity index (χ0) is 45.5. The van der Waals surface area contributed by atoms with Gasteiger partial charge in [0.2, 0.25) is 11.8 Å². The molecule has 0 spiro atoms. The predicted molar refractivity (Wildman–Crippen MR) is 242 cm³/mol. The molecule has 2 aromatic heterocycles. The smallest absolute Gasteiger partial charge is 0.324 e. The van der Waals surface area contributed by atoms with E-state index >= 15 is 0 Å². The van der Waals surface area contributed by atoms with Gasteiger partial charge in [-0.1, -0.05) is 45.9 Å². The Morgan fingerprint density at radius 1 is 1.16 bits per heavy atom. The molecule has 3 amide bonds. The van der Waals surface area contributed by atoms with Crippen LogP contribution in [0.4, 0.5) is 0 Å². The van der Waals surface area contributed by atoms with Gasteiger partial charge in [-0.05, 0) is 104 Å². The number of carbonyl (C=O) groups is 4. The monoisotopic (exact) mass is 861 g/mol. The van der Waals surface area contributed by atoms with Gasteiger partial charge >= 0.3 is 5.97 Å². The Kier molecular flexibility index (Phi) is 12.9. The number of nitrogens with zero attached hydrogens (tertiary/aromatic N) is 4. The Balaban J connectivity index is 1.34. The lowest BCUT2D eigenvalue weighted by molar-refractivity contribution is -0.155. The van der Waals surface area contributed by atoms with Crippen LogP contribution in [-0.2, 0) is 48.0 Å². The normalized spacial score (nSPS) is 23.4. The van der Waals surface area contributed by atoms with Crippen molar-refractivity contribution in [3.05, 3.63) is 84.2 Å². The van der Waals surface area contributed by atoms with Gasteiger partial charge in [-0.3, -0.25) is 29.2 Å². The Morgan fingerprint density at radius 3 is 2.60 bits per heavy atom. The number of hydrazine groups is 1. The van der Waals surface area contributed by atoms with Crippen LogP contribution in [0.15, 0.2) is 67.4 Å². The third-order valence-electron chi connectivity index (χ3n) is 13.1. The predicted octanol–water partition coefficient (Wildman–Crippen LogP) is 5.84. The molecule has 1 saturated carbocycles. The SMILES string of the molecule is C=C[C@@H]1C[C@]1(N)C(=O)N(C)C(C(=O)N[C@H]1Cc2cc(O)cc(c2)-c2ccc3c(c2)c(c(-c2cccnc2[C@H](C)OC)n3CC)CC(C)(C)COC(=O)[C@@H]2CCCN(N2)C1=O)C(C)C. The Labute approximate surface area is 370 Å². The van der Waals surface area contributed by atoms with Gasteiger partial charge < -0.3 is 35.1 Å². The number of cyclic esters (lactones) is 1. The number of amides is 3. The van der Waals surface area contributed by atoms with Crippen LogP contribution in [-0.4, -0.2) is 99.2 Å². The van der Waals surface area contributed by atoms with Crippen molar-refractivity contribution in [2.24, 2.45) is 23.0 Å².